The molecular formula is C17H17ClN2O. The summed E-state index contributed by atoms with van der Waals surface area (Å²) in [5.74, 6) is 0.883. The highest BCUT2D eigenvalue weighted by atomic mass is 35.5. The maximum absolute atomic E-state index is 8.79. The second kappa shape index (κ2) is 7.68. The first kappa shape index (κ1) is 15.4. The summed E-state index contributed by atoms with van der Waals surface area (Å²) in [6.07, 6.45) is 0. The Morgan fingerprint density at radius 2 is 2.10 bits per heavy atom. The van der Waals surface area contributed by atoms with Crippen molar-refractivity contribution in [2.75, 3.05) is 13.2 Å². The third kappa shape index (κ3) is 4.78. The fraction of sp³-hybridized carbons (Fsp3) is 0.235. The molecule has 2 aromatic carbocycles. The first-order chi connectivity index (χ1) is 10.2. The number of halogens is 1. The number of hydrogen-bond acceptors (Lipinski definition) is 3. The average molecular weight is 301 g/mol. The maximum atomic E-state index is 8.79. The minimum absolute atomic E-state index is 0.575. The lowest BCUT2D eigenvalue weighted by Crippen LogP contribution is -2.20. The predicted octanol–water partition coefficient (Wildman–Crippen LogP) is 3.69. The molecule has 0 spiro atoms. The third-order valence-electron chi connectivity index (χ3n) is 3.03. The molecule has 21 heavy (non-hydrogen) atoms. The fourth-order valence-corrected chi connectivity index (χ4v) is 2.18. The minimum atomic E-state index is 0.575. The van der Waals surface area contributed by atoms with Crippen molar-refractivity contribution in [2.45, 2.75) is 13.5 Å². The van der Waals surface area contributed by atoms with Crippen LogP contribution in [0.25, 0.3) is 0 Å². The molecule has 0 bridgehead atoms. The van der Waals surface area contributed by atoms with E-state index in [1.165, 1.54) is 5.56 Å². The molecular weight excluding hydrogens is 284 g/mol. The lowest BCUT2D eigenvalue weighted by Gasteiger charge is -2.09. The number of nitrogens with one attached hydrogen (secondary N) is 1. The smallest absolute Gasteiger partial charge is 0.119 e. The van der Waals surface area contributed by atoms with Gasteiger partial charge in [-0.2, -0.15) is 5.26 Å². The van der Waals surface area contributed by atoms with Gasteiger partial charge in [0.2, 0.25) is 0 Å². The Balaban J connectivity index is 1.74. The largest absolute Gasteiger partial charge is 0.492 e. The zero-order chi connectivity index (χ0) is 15.1. The molecule has 3 nitrogen and oxygen atoms in total. The highest BCUT2D eigenvalue weighted by molar-refractivity contribution is 6.31. The second-order valence-corrected chi connectivity index (χ2v) is 5.17. The van der Waals surface area contributed by atoms with Crippen LogP contribution in [-0.4, -0.2) is 13.2 Å². The van der Waals surface area contributed by atoms with Gasteiger partial charge in [0.1, 0.15) is 12.4 Å². The molecule has 0 saturated carbocycles. The molecule has 0 aliphatic rings. The van der Waals surface area contributed by atoms with E-state index >= 15 is 0 Å². The van der Waals surface area contributed by atoms with Crippen LogP contribution in [0.2, 0.25) is 5.02 Å². The quantitative estimate of drug-likeness (QED) is 0.828. The van der Waals surface area contributed by atoms with E-state index in [4.69, 9.17) is 21.6 Å². The highest BCUT2D eigenvalue weighted by Crippen LogP contribution is 2.17. The fourth-order valence-electron chi connectivity index (χ4n) is 1.93. The molecule has 4 heteroatoms. The van der Waals surface area contributed by atoms with Gasteiger partial charge in [0.15, 0.2) is 0 Å². The molecule has 0 atom stereocenters. The molecule has 0 unspecified atom stereocenters. The minimum Gasteiger partial charge on any atom is -0.492 e. The Morgan fingerprint density at radius 3 is 2.81 bits per heavy atom. The van der Waals surface area contributed by atoms with E-state index < -0.39 is 0 Å². The number of ether oxygens (including phenoxy) is 1. The Hall–Kier alpha value is -2.02. The molecule has 2 rings (SSSR count). The molecule has 0 amide bonds. The van der Waals surface area contributed by atoms with Gasteiger partial charge in [-0.1, -0.05) is 29.8 Å². The number of aryl methyl sites for hydroxylation is 1. The topological polar surface area (TPSA) is 45.0 Å². The van der Waals surface area contributed by atoms with E-state index in [-0.39, 0.29) is 0 Å². The van der Waals surface area contributed by atoms with Gasteiger partial charge in [-0.3, -0.25) is 0 Å². The van der Waals surface area contributed by atoms with Crippen LogP contribution in [0.5, 0.6) is 5.75 Å². The van der Waals surface area contributed by atoms with Gasteiger partial charge < -0.3 is 10.1 Å². The van der Waals surface area contributed by atoms with Crippen LogP contribution in [0.1, 0.15) is 16.7 Å². The molecule has 0 fully saturated rings. The second-order valence-electron chi connectivity index (χ2n) is 4.76. The number of rotatable bonds is 6. The van der Waals surface area contributed by atoms with Crippen LogP contribution in [0.4, 0.5) is 0 Å². The van der Waals surface area contributed by atoms with Gasteiger partial charge >= 0.3 is 0 Å². The van der Waals surface area contributed by atoms with Gasteiger partial charge in [0.25, 0.3) is 0 Å². The number of nitriles is 1. The van der Waals surface area contributed by atoms with E-state index in [0.29, 0.717) is 23.7 Å². The van der Waals surface area contributed by atoms with Crippen molar-refractivity contribution >= 4 is 11.6 Å². The lowest BCUT2D eigenvalue weighted by atomic mass is 10.1. The predicted molar refractivity (Wildman–Crippen MR) is 84.5 cm³/mol. The summed E-state index contributed by atoms with van der Waals surface area (Å²) in [5, 5.41) is 12.7. The van der Waals surface area contributed by atoms with Crippen molar-refractivity contribution in [3.63, 3.8) is 0 Å². The Labute approximate surface area is 130 Å². The van der Waals surface area contributed by atoms with E-state index in [2.05, 4.69) is 11.4 Å². The molecule has 0 aromatic heterocycles. The standard InChI is InChI=1S/C17H17ClN2O/c1-13-3-2-4-16(9-13)21-8-7-20-12-15-6-5-14(11-19)10-17(15)18/h2-6,9-10,20H,7-8,12H2,1H3. The first-order valence-electron chi connectivity index (χ1n) is 6.78. The highest BCUT2D eigenvalue weighted by Gasteiger charge is 2.01. The molecule has 0 heterocycles. The van der Waals surface area contributed by atoms with E-state index in [9.17, 15) is 0 Å². The molecule has 0 aliphatic heterocycles. The molecule has 108 valence electrons. The monoisotopic (exact) mass is 300 g/mol. The van der Waals surface area contributed by atoms with Crippen molar-refractivity contribution in [1.82, 2.24) is 5.32 Å². The normalized spacial score (nSPS) is 10.1. The number of benzene rings is 2. The SMILES string of the molecule is Cc1cccc(OCCNCc2ccc(C#N)cc2Cl)c1. The Kier molecular flexibility index (Phi) is 5.62. The molecule has 0 saturated heterocycles. The zero-order valence-corrected chi connectivity index (χ0v) is 12.7. The molecule has 2 aromatic rings. The van der Waals surface area contributed by atoms with Crippen LogP contribution in [-0.2, 0) is 6.54 Å². The summed E-state index contributed by atoms with van der Waals surface area (Å²) in [6, 6.07) is 15.4. The summed E-state index contributed by atoms with van der Waals surface area (Å²) < 4.78 is 5.65. The van der Waals surface area contributed by atoms with Crippen LogP contribution in [0.3, 0.4) is 0 Å². The summed E-state index contributed by atoms with van der Waals surface area (Å²) in [5.41, 5.74) is 2.74. The van der Waals surface area contributed by atoms with Gasteiger partial charge in [-0.15, -0.1) is 0 Å². The molecule has 0 aliphatic carbocycles. The third-order valence-corrected chi connectivity index (χ3v) is 3.39. The van der Waals surface area contributed by atoms with Crippen molar-refractivity contribution in [3.8, 4) is 11.8 Å². The molecule has 0 radical (unpaired) electrons. The van der Waals surface area contributed by atoms with Gasteiger partial charge in [-0.25, -0.2) is 0 Å². The summed E-state index contributed by atoms with van der Waals surface area (Å²) in [4.78, 5) is 0. The summed E-state index contributed by atoms with van der Waals surface area (Å²) >= 11 is 6.11. The zero-order valence-electron chi connectivity index (χ0n) is 11.9. The van der Waals surface area contributed by atoms with E-state index in [1.807, 2.05) is 37.3 Å². The van der Waals surface area contributed by atoms with Crippen LogP contribution in [0, 0.1) is 18.3 Å². The van der Waals surface area contributed by atoms with Gasteiger partial charge in [-0.05, 0) is 42.3 Å². The maximum Gasteiger partial charge on any atom is 0.119 e. The van der Waals surface area contributed by atoms with Crippen molar-refractivity contribution in [1.29, 1.82) is 5.26 Å². The number of nitrogens with zero attached hydrogens (tertiary/aromatic N) is 1. The van der Waals surface area contributed by atoms with Crippen LogP contribution < -0.4 is 10.1 Å². The lowest BCUT2D eigenvalue weighted by molar-refractivity contribution is 0.313. The average Bonchev–Trinajstić information content (AvgIpc) is 2.48. The van der Waals surface area contributed by atoms with Gasteiger partial charge in [0, 0.05) is 18.1 Å². The molecule has 1 N–H and O–H groups in total. The van der Waals surface area contributed by atoms with Gasteiger partial charge in [0.05, 0.1) is 11.6 Å². The Bertz CT molecular complexity index is 649. The Morgan fingerprint density at radius 1 is 1.24 bits per heavy atom. The number of hydrogen-bond donors (Lipinski definition) is 1. The van der Waals surface area contributed by atoms with Crippen molar-refractivity contribution in [3.05, 3.63) is 64.2 Å². The van der Waals surface area contributed by atoms with E-state index in [1.54, 1.807) is 12.1 Å². The van der Waals surface area contributed by atoms with Crippen molar-refractivity contribution < 1.29 is 4.74 Å². The van der Waals surface area contributed by atoms with E-state index in [0.717, 1.165) is 17.9 Å². The summed E-state index contributed by atoms with van der Waals surface area (Å²) in [7, 11) is 0. The van der Waals surface area contributed by atoms with Crippen molar-refractivity contribution in [2.24, 2.45) is 0 Å². The first-order valence-corrected chi connectivity index (χ1v) is 7.15. The van der Waals surface area contributed by atoms with Crippen LogP contribution in [0.15, 0.2) is 42.5 Å². The van der Waals surface area contributed by atoms with Crippen LogP contribution >= 0.6 is 11.6 Å². The summed E-state index contributed by atoms with van der Waals surface area (Å²) in [6.45, 7) is 4.02.